The number of hydrogen-bond acceptors (Lipinski definition) is 19. The minimum atomic E-state index is -2.63. The molecular formula is C43H44O19. The van der Waals surface area contributed by atoms with Gasteiger partial charge in [-0.15, -0.1) is 0 Å². The molecule has 0 aliphatic carbocycles. The minimum Gasteiger partial charge on any atom is -0.508 e. The number of ether oxygens (including phenoxy) is 8. The molecule has 19 heteroatoms. The van der Waals surface area contributed by atoms with Crippen LogP contribution in [0.25, 0.3) is 18.2 Å². The molecule has 2 fully saturated rings. The molecule has 19 nitrogen and oxygen atoms in total. The van der Waals surface area contributed by atoms with Crippen molar-refractivity contribution >= 4 is 48.1 Å². The predicted molar refractivity (Wildman–Crippen MR) is 211 cm³/mol. The smallest absolute Gasteiger partial charge is 0.331 e. The summed E-state index contributed by atoms with van der Waals surface area (Å²) in [6.45, 7) is -0.604. The third-order valence-electron chi connectivity index (χ3n) is 9.17. The van der Waals surface area contributed by atoms with Crippen molar-refractivity contribution in [1.82, 2.24) is 0 Å². The van der Waals surface area contributed by atoms with Crippen LogP contribution < -0.4 is 0 Å². The average Bonchev–Trinajstić information content (AvgIpc) is 3.49. The normalized spacial score (nSPS) is 26.0. The first kappa shape index (κ1) is 46.5. The molecule has 6 N–H and O–H groups in total. The Morgan fingerprint density at radius 3 is 1.56 bits per heavy atom. The standard InChI is InChI=1S/C43H44O19/c1-24(45)56-23-43(62-42-40(38(54)39(57-25(2)46)32(21-44)58-42)59-35(51)19-10-27-5-14-30(48)15-6-27)41(60-36(52)20-11-28-7-16-31(49)17-8-28)37(53)33(61-43)22-55-34(50)18-9-26-3-12-29(47)13-4-26/h3-20,32-33,37-42,44,47-49,53-54H,21-23H2,1-2H3. The summed E-state index contributed by atoms with van der Waals surface area (Å²) >= 11 is 0. The number of esters is 5. The molecule has 2 heterocycles. The van der Waals surface area contributed by atoms with Crippen LogP contribution in [0.1, 0.15) is 30.5 Å². The topological polar surface area (TPSA) is 281 Å². The number of carbonyl (C=O) groups is 5. The van der Waals surface area contributed by atoms with Crippen molar-refractivity contribution < 1.29 is 92.5 Å². The maximum atomic E-state index is 13.4. The second-order valence-corrected chi connectivity index (χ2v) is 13.8. The summed E-state index contributed by atoms with van der Waals surface area (Å²) in [4.78, 5) is 63.7. The van der Waals surface area contributed by atoms with E-state index in [2.05, 4.69) is 0 Å². The van der Waals surface area contributed by atoms with Gasteiger partial charge in [0.25, 0.3) is 0 Å². The molecule has 330 valence electrons. The summed E-state index contributed by atoms with van der Waals surface area (Å²) in [7, 11) is 0. The fraction of sp³-hybridized carbons (Fsp3) is 0.326. The highest BCUT2D eigenvalue weighted by atomic mass is 16.8. The molecule has 0 amide bonds. The number of rotatable bonds is 16. The van der Waals surface area contributed by atoms with Crippen LogP contribution in [0.4, 0.5) is 0 Å². The lowest BCUT2D eigenvalue weighted by atomic mass is 9.98. The second kappa shape index (κ2) is 21.3. The van der Waals surface area contributed by atoms with E-state index in [1.54, 1.807) is 0 Å². The van der Waals surface area contributed by atoms with Crippen LogP contribution in [0.15, 0.2) is 91.0 Å². The van der Waals surface area contributed by atoms with Crippen molar-refractivity contribution in [1.29, 1.82) is 0 Å². The molecule has 2 saturated heterocycles. The third kappa shape index (κ3) is 12.7. The predicted octanol–water partition coefficient (Wildman–Crippen LogP) is 1.66. The number of aliphatic hydroxyl groups excluding tert-OH is 3. The molecule has 5 rings (SSSR count). The van der Waals surface area contributed by atoms with Crippen LogP contribution in [-0.4, -0.2) is 135 Å². The summed E-state index contributed by atoms with van der Waals surface area (Å²) in [5.41, 5.74) is 1.42. The number of phenols is 3. The molecule has 62 heavy (non-hydrogen) atoms. The van der Waals surface area contributed by atoms with Crippen molar-refractivity contribution in [2.24, 2.45) is 0 Å². The molecular weight excluding hydrogens is 820 g/mol. The zero-order chi connectivity index (χ0) is 45.0. The van der Waals surface area contributed by atoms with E-state index in [0.29, 0.717) is 16.7 Å². The van der Waals surface area contributed by atoms with Gasteiger partial charge in [0.2, 0.25) is 12.1 Å². The summed E-state index contributed by atoms with van der Waals surface area (Å²) in [6, 6.07) is 17.2. The van der Waals surface area contributed by atoms with E-state index in [1.807, 2.05) is 0 Å². The first-order chi connectivity index (χ1) is 29.5. The molecule has 3 aromatic carbocycles. The molecule has 0 radical (unpaired) electrons. The summed E-state index contributed by atoms with van der Waals surface area (Å²) in [5.74, 6) is -7.70. The van der Waals surface area contributed by atoms with Crippen LogP contribution in [0, 0.1) is 0 Å². The Morgan fingerprint density at radius 2 is 1.10 bits per heavy atom. The number of carbonyl (C=O) groups excluding carboxylic acids is 5. The molecule has 2 aliphatic heterocycles. The van der Waals surface area contributed by atoms with Gasteiger partial charge in [-0.25, -0.2) is 14.4 Å². The number of benzene rings is 3. The van der Waals surface area contributed by atoms with Gasteiger partial charge in [-0.05, 0) is 71.3 Å². The van der Waals surface area contributed by atoms with Gasteiger partial charge < -0.3 is 68.5 Å². The number of phenolic OH excluding ortho intramolecular Hbond substituents is 3. The zero-order valence-electron chi connectivity index (χ0n) is 33.1. The minimum absolute atomic E-state index is 0.00110. The van der Waals surface area contributed by atoms with E-state index >= 15 is 0 Å². The second-order valence-electron chi connectivity index (χ2n) is 13.8. The highest BCUT2D eigenvalue weighted by molar-refractivity contribution is 5.88. The van der Waals surface area contributed by atoms with Crippen LogP contribution in [0.3, 0.4) is 0 Å². The van der Waals surface area contributed by atoms with E-state index in [0.717, 1.165) is 32.1 Å². The fourth-order valence-corrected chi connectivity index (χ4v) is 6.18. The van der Waals surface area contributed by atoms with E-state index in [1.165, 1.54) is 91.0 Å². The molecule has 9 atom stereocenters. The maximum Gasteiger partial charge on any atom is 0.331 e. The van der Waals surface area contributed by atoms with E-state index in [4.69, 9.17) is 37.9 Å². The van der Waals surface area contributed by atoms with E-state index in [9.17, 15) is 54.6 Å². The molecule has 0 aromatic heterocycles. The monoisotopic (exact) mass is 864 g/mol. The molecule has 2 aliphatic rings. The van der Waals surface area contributed by atoms with E-state index < -0.39 is 104 Å². The van der Waals surface area contributed by atoms with Crippen LogP contribution in [0.2, 0.25) is 0 Å². The van der Waals surface area contributed by atoms with Gasteiger partial charge in [0.15, 0.2) is 18.3 Å². The molecule has 0 spiro atoms. The van der Waals surface area contributed by atoms with Gasteiger partial charge in [-0.3, -0.25) is 9.59 Å². The first-order valence-electron chi connectivity index (χ1n) is 18.8. The van der Waals surface area contributed by atoms with Crippen LogP contribution in [0.5, 0.6) is 17.2 Å². The Kier molecular flexibility index (Phi) is 15.9. The SMILES string of the molecule is CC(=O)OCC1(OC2OC(CO)C(OC(C)=O)C(O)C2OC(=O)C=Cc2ccc(O)cc2)OC(COC(=O)C=Cc2ccc(O)cc2)C(O)C1OC(=O)C=Cc1ccc(O)cc1. The fourth-order valence-electron chi connectivity index (χ4n) is 6.18. The van der Waals surface area contributed by atoms with E-state index in [-0.39, 0.29) is 17.2 Å². The summed E-state index contributed by atoms with van der Waals surface area (Å²) in [5, 5.41) is 62.3. The zero-order valence-corrected chi connectivity index (χ0v) is 33.1. The number of aromatic hydroxyl groups is 3. The third-order valence-corrected chi connectivity index (χ3v) is 9.17. The summed E-state index contributed by atoms with van der Waals surface area (Å²) < 4.78 is 45.2. The lowest BCUT2D eigenvalue weighted by Gasteiger charge is -2.45. The number of hydrogen-bond donors (Lipinski definition) is 6. The van der Waals surface area contributed by atoms with Gasteiger partial charge in [0.05, 0.1) is 6.61 Å². The average molecular weight is 865 g/mol. The van der Waals surface area contributed by atoms with Gasteiger partial charge in [0, 0.05) is 32.1 Å². The Hall–Kier alpha value is -6.61. The lowest BCUT2D eigenvalue weighted by Crippen LogP contribution is -2.64. The molecule has 9 unspecified atom stereocenters. The maximum absolute atomic E-state index is 13.4. The largest absolute Gasteiger partial charge is 0.508 e. The lowest BCUT2D eigenvalue weighted by molar-refractivity contribution is -0.383. The van der Waals surface area contributed by atoms with Crippen molar-refractivity contribution in [2.75, 3.05) is 19.8 Å². The molecule has 0 saturated carbocycles. The Balaban J connectivity index is 1.49. The number of aliphatic hydroxyl groups is 3. The molecule has 0 bridgehead atoms. The summed E-state index contributed by atoms with van der Waals surface area (Å²) in [6.07, 6.45) is -7.82. The highest BCUT2D eigenvalue weighted by Gasteiger charge is 2.63. The Bertz CT molecular complexity index is 2110. The van der Waals surface area contributed by atoms with Gasteiger partial charge in [-0.1, -0.05) is 36.4 Å². The quantitative estimate of drug-likeness (QED) is 0.0678. The molecule has 3 aromatic rings. The Labute approximate surface area is 353 Å². The van der Waals surface area contributed by atoms with Crippen molar-refractivity contribution in [2.45, 2.75) is 68.7 Å². The van der Waals surface area contributed by atoms with Gasteiger partial charge in [0.1, 0.15) is 54.9 Å². The van der Waals surface area contributed by atoms with Gasteiger partial charge in [-0.2, -0.15) is 0 Å². The van der Waals surface area contributed by atoms with Crippen LogP contribution in [-0.2, 0) is 61.9 Å². The van der Waals surface area contributed by atoms with Crippen molar-refractivity contribution in [3.8, 4) is 17.2 Å². The van der Waals surface area contributed by atoms with Crippen molar-refractivity contribution in [3.05, 3.63) is 108 Å². The Morgan fingerprint density at radius 1 is 0.613 bits per heavy atom. The van der Waals surface area contributed by atoms with Crippen LogP contribution >= 0.6 is 0 Å². The van der Waals surface area contributed by atoms with Gasteiger partial charge >= 0.3 is 29.8 Å². The van der Waals surface area contributed by atoms with Crippen molar-refractivity contribution in [3.63, 3.8) is 0 Å². The highest BCUT2D eigenvalue weighted by Crippen LogP contribution is 2.40. The first-order valence-corrected chi connectivity index (χ1v) is 18.8.